The molecule has 3 aromatic rings. The summed E-state index contributed by atoms with van der Waals surface area (Å²) in [5.41, 5.74) is 1.61. The number of carbonyl (C=O) groups excluding carboxylic acids is 2. The predicted octanol–water partition coefficient (Wildman–Crippen LogP) is 2.27. The Kier molecular flexibility index (Phi) is 4.72. The average molecular weight is 345 g/mol. The van der Waals surface area contributed by atoms with Crippen LogP contribution in [0.5, 0.6) is 0 Å². The third-order valence-corrected chi connectivity index (χ3v) is 3.41. The summed E-state index contributed by atoms with van der Waals surface area (Å²) >= 11 is 5.71. The zero-order valence-corrected chi connectivity index (χ0v) is 13.2. The van der Waals surface area contributed by atoms with E-state index in [0.717, 1.165) is 11.0 Å². The summed E-state index contributed by atoms with van der Waals surface area (Å²) in [6.07, 6.45) is 2.97. The van der Waals surface area contributed by atoms with Crippen LogP contribution in [-0.2, 0) is 20.9 Å². The second-order valence-corrected chi connectivity index (χ2v) is 5.37. The quantitative estimate of drug-likeness (QED) is 0.717. The lowest BCUT2D eigenvalue weighted by molar-refractivity contribution is -0.147. The van der Waals surface area contributed by atoms with Crippen LogP contribution < -0.4 is 5.32 Å². The van der Waals surface area contributed by atoms with E-state index < -0.39 is 18.5 Å². The largest absolute Gasteiger partial charge is 0.454 e. The number of fused-ring (bicyclic) bond motifs is 1. The van der Waals surface area contributed by atoms with E-state index in [9.17, 15) is 9.59 Å². The number of nitrogens with zero attached hydrogens (tertiary/aromatic N) is 3. The van der Waals surface area contributed by atoms with Gasteiger partial charge in [-0.1, -0.05) is 23.7 Å². The Labute approximate surface area is 142 Å². The number of para-hydroxylation sites is 2. The fourth-order valence-corrected chi connectivity index (χ4v) is 2.21. The molecule has 8 heteroatoms. The van der Waals surface area contributed by atoms with E-state index in [4.69, 9.17) is 16.3 Å². The normalized spacial score (nSPS) is 10.5. The highest BCUT2D eigenvalue weighted by Crippen LogP contribution is 2.12. The Hall–Kier alpha value is -2.93. The number of hydrogen-bond donors (Lipinski definition) is 1. The van der Waals surface area contributed by atoms with E-state index in [-0.39, 0.29) is 6.54 Å². The summed E-state index contributed by atoms with van der Waals surface area (Å²) in [5, 5.41) is 2.97. The number of pyridine rings is 1. The second-order valence-electron chi connectivity index (χ2n) is 4.93. The number of ether oxygens (including phenoxy) is 1. The summed E-state index contributed by atoms with van der Waals surface area (Å²) in [6, 6.07) is 10.6. The van der Waals surface area contributed by atoms with Crippen LogP contribution in [0.3, 0.4) is 0 Å². The second kappa shape index (κ2) is 7.10. The number of amides is 1. The Morgan fingerprint density at radius 1 is 1.17 bits per heavy atom. The van der Waals surface area contributed by atoms with Crippen molar-refractivity contribution in [2.75, 3.05) is 11.9 Å². The summed E-state index contributed by atoms with van der Waals surface area (Å²) in [4.78, 5) is 31.7. The molecule has 0 aliphatic heterocycles. The topological polar surface area (TPSA) is 86.1 Å². The van der Waals surface area contributed by atoms with E-state index in [1.54, 1.807) is 23.0 Å². The monoisotopic (exact) mass is 344 g/mol. The van der Waals surface area contributed by atoms with Gasteiger partial charge in [0.25, 0.3) is 5.91 Å². The van der Waals surface area contributed by atoms with E-state index in [2.05, 4.69) is 15.3 Å². The molecule has 0 unspecified atom stereocenters. The van der Waals surface area contributed by atoms with Crippen LogP contribution in [0, 0.1) is 0 Å². The zero-order chi connectivity index (χ0) is 16.9. The first-order valence-electron chi connectivity index (χ1n) is 7.09. The lowest BCUT2D eigenvalue weighted by Crippen LogP contribution is -2.23. The molecule has 0 aliphatic carbocycles. The first-order chi connectivity index (χ1) is 11.6. The van der Waals surface area contributed by atoms with Crippen molar-refractivity contribution in [2.45, 2.75) is 6.54 Å². The van der Waals surface area contributed by atoms with Crippen molar-refractivity contribution >= 4 is 40.3 Å². The molecule has 0 atom stereocenters. The number of carbonyl (C=O) groups is 2. The minimum atomic E-state index is -0.530. The van der Waals surface area contributed by atoms with Gasteiger partial charge in [-0.3, -0.25) is 9.59 Å². The predicted molar refractivity (Wildman–Crippen MR) is 88.6 cm³/mol. The Morgan fingerprint density at radius 2 is 2.00 bits per heavy atom. The van der Waals surface area contributed by atoms with E-state index in [0.29, 0.717) is 10.8 Å². The van der Waals surface area contributed by atoms with Crippen LogP contribution in [0.25, 0.3) is 11.0 Å². The van der Waals surface area contributed by atoms with Crippen molar-refractivity contribution in [3.63, 3.8) is 0 Å². The minimum absolute atomic E-state index is 0.0208. The molecule has 2 heterocycles. The van der Waals surface area contributed by atoms with Crippen LogP contribution in [0.15, 0.2) is 48.9 Å². The van der Waals surface area contributed by atoms with Crippen molar-refractivity contribution in [1.29, 1.82) is 0 Å². The molecule has 122 valence electrons. The highest BCUT2D eigenvalue weighted by Gasteiger charge is 2.11. The van der Waals surface area contributed by atoms with Crippen molar-refractivity contribution in [2.24, 2.45) is 0 Å². The van der Waals surface area contributed by atoms with Gasteiger partial charge in [0.2, 0.25) is 0 Å². The van der Waals surface area contributed by atoms with Gasteiger partial charge in [0.1, 0.15) is 12.4 Å². The number of halogens is 1. The molecule has 3 rings (SSSR count). The number of esters is 1. The maximum Gasteiger partial charge on any atom is 0.326 e. The first kappa shape index (κ1) is 15.9. The van der Waals surface area contributed by atoms with Crippen LogP contribution in [0.2, 0.25) is 5.02 Å². The number of rotatable bonds is 5. The van der Waals surface area contributed by atoms with Crippen LogP contribution >= 0.6 is 11.6 Å². The van der Waals surface area contributed by atoms with Crippen molar-refractivity contribution in [1.82, 2.24) is 14.5 Å². The van der Waals surface area contributed by atoms with E-state index in [1.165, 1.54) is 6.20 Å². The molecule has 0 aliphatic rings. The summed E-state index contributed by atoms with van der Waals surface area (Å²) in [6.45, 7) is -0.414. The Balaban J connectivity index is 1.52. The Bertz CT molecular complexity index is 876. The molecule has 0 bridgehead atoms. The van der Waals surface area contributed by atoms with Gasteiger partial charge in [0.05, 0.1) is 22.4 Å². The molecular weight excluding hydrogens is 332 g/mol. The maximum absolute atomic E-state index is 11.9. The number of nitrogens with one attached hydrogen (secondary N) is 1. The average Bonchev–Trinajstić information content (AvgIpc) is 2.98. The summed E-state index contributed by atoms with van der Waals surface area (Å²) < 4.78 is 6.63. The zero-order valence-electron chi connectivity index (χ0n) is 12.5. The third kappa shape index (κ3) is 3.88. The number of anilines is 1. The molecule has 2 aromatic heterocycles. The number of benzene rings is 1. The van der Waals surface area contributed by atoms with Gasteiger partial charge < -0.3 is 14.6 Å². The first-order valence-corrected chi connectivity index (χ1v) is 7.46. The number of imidazole rings is 1. The molecular formula is C16H13ClN4O3. The highest BCUT2D eigenvalue weighted by molar-refractivity contribution is 6.30. The van der Waals surface area contributed by atoms with Crippen LogP contribution in [0.1, 0.15) is 0 Å². The molecule has 1 amide bonds. The van der Waals surface area contributed by atoms with Crippen molar-refractivity contribution in [3.05, 3.63) is 53.9 Å². The fraction of sp³-hybridized carbons (Fsp3) is 0.125. The van der Waals surface area contributed by atoms with Crippen LogP contribution in [0.4, 0.5) is 5.82 Å². The molecule has 1 N–H and O–H groups in total. The molecule has 1 aromatic carbocycles. The van der Waals surface area contributed by atoms with Crippen molar-refractivity contribution in [3.8, 4) is 0 Å². The summed E-state index contributed by atoms with van der Waals surface area (Å²) in [5.74, 6) is -0.674. The van der Waals surface area contributed by atoms with E-state index in [1.807, 2.05) is 24.3 Å². The highest BCUT2D eigenvalue weighted by atomic mass is 35.5. The number of hydrogen-bond acceptors (Lipinski definition) is 5. The molecule has 0 saturated heterocycles. The van der Waals surface area contributed by atoms with Gasteiger partial charge in [0, 0.05) is 6.20 Å². The minimum Gasteiger partial charge on any atom is -0.454 e. The molecule has 0 spiro atoms. The van der Waals surface area contributed by atoms with Gasteiger partial charge in [-0.05, 0) is 24.3 Å². The molecule has 24 heavy (non-hydrogen) atoms. The van der Waals surface area contributed by atoms with Gasteiger partial charge in [-0.15, -0.1) is 0 Å². The van der Waals surface area contributed by atoms with Crippen LogP contribution in [-0.4, -0.2) is 33.0 Å². The summed E-state index contributed by atoms with van der Waals surface area (Å²) in [7, 11) is 0. The van der Waals surface area contributed by atoms with E-state index >= 15 is 0 Å². The maximum atomic E-state index is 11.9. The SMILES string of the molecule is O=C(COC(=O)Cn1cnc2ccccc21)Nc1ccc(Cl)cn1. The fourth-order valence-electron chi connectivity index (χ4n) is 2.10. The molecule has 0 fully saturated rings. The third-order valence-electron chi connectivity index (χ3n) is 3.19. The molecule has 7 nitrogen and oxygen atoms in total. The smallest absolute Gasteiger partial charge is 0.326 e. The van der Waals surface area contributed by atoms with Crippen molar-refractivity contribution < 1.29 is 14.3 Å². The van der Waals surface area contributed by atoms with Gasteiger partial charge in [-0.2, -0.15) is 0 Å². The molecule has 0 saturated carbocycles. The lowest BCUT2D eigenvalue weighted by atomic mass is 10.3. The lowest BCUT2D eigenvalue weighted by Gasteiger charge is -2.07. The van der Waals surface area contributed by atoms with Gasteiger partial charge in [-0.25, -0.2) is 9.97 Å². The molecule has 0 radical (unpaired) electrons. The standard InChI is InChI=1S/C16H13ClN4O3/c17-11-5-6-14(18-7-11)20-15(22)9-24-16(23)8-21-10-19-12-3-1-2-4-13(12)21/h1-7,10H,8-9H2,(H,18,20,22). The van der Waals surface area contributed by atoms with Gasteiger partial charge >= 0.3 is 5.97 Å². The Morgan fingerprint density at radius 3 is 2.79 bits per heavy atom. The van der Waals surface area contributed by atoms with Gasteiger partial charge in [0.15, 0.2) is 6.61 Å². The number of aromatic nitrogens is 3.